The van der Waals surface area contributed by atoms with Gasteiger partial charge >= 0.3 is 0 Å². The van der Waals surface area contributed by atoms with Crippen LogP contribution in [0.3, 0.4) is 0 Å². The molecular formula is C18H24ClN5O2. The van der Waals surface area contributed by atoms with Crippen molar-refractivity contribution in [2.75, 3.05) is 11.9 Å². The number of rotatable bonds is 3. The molecule has 3 N–H and O–H groups in total. The van der Waals surface area contributed by atoms with Gasteiger partial charge in [0.2, 0.25) is 5.91 Å². The molecular weight excluding hydrogens is 354 g/mol. The summed E-state index contributed by atoms with van der Waals surface area (Å²) in [5, 5.41) is 11.2. The molecule has 2 aliphatic rings. The maximum atomic E-state index is 13.0. The minimum Gasteiger partial charge on any atom is -0.377 e. The molecule has 0 bridgehead atoms. The molecule has 0 radical (unpaired) electrons. The Morgan fingerprint density at radius 3 is 2.58 bits per heavy atom. The lowest BCUT2D eigenvalue weighted by atomic mass is 9.46. The first-order chi connectivity index (χ1) is 11.9. The monoisotopic (exact) mass is 377 g/mol. The number of aromatic nitrogens is 3. The largest absolute Gasteiger partial charge is 0.377 e. The number of carbonyl (C=O) groups excluding carboxylic acids is 1. The van der Waals surface area contributed by atoms with E-state index >= 15 is 0 Å². The first-order valence-corrected chi connectivity index (χ1v) is 8.63. The number of nitrogens with two attached hydrogens (primary N) is 1. The summed E-state index contributed by atoms with van der Waals surface area (Å²) in [5.41, 5.74) is 6.85. The Morgan fingerprint density at radius 2 is 1.92 bits per heavy atom. The molecule has 2 fully saturated rings. The van der Waals surface area contributed by atoms with Crippen molar-refractivity contribution in [1.29, 1.82) is 0 Å². The summed E-state index contributed by atoms with van der Waals surface area (Å²) in [5.74, 6) is -0.0713. The molecule has 1 aliphatic heterocycles. The van der Waals surface area contributed by atoms with Crippen molar-refractivity contribution < 1.29 is 9.53 Å². The molecule has 1 aromatic carbocycles. The number of benzene rings is 1. The lowest BCUT2D eigenvalue weighted by Crippen LogP contribution is -2.81. The van der Waals surface area contributed by atoms with Gasteiger partial charge < -0.3 is 15.8 Å². The van der Waals surface area contributed by atoms with Crippen LogP contribution in [0.5, 0.6) is 0 Å². The third-order valence-corrected chi connectivity index (χ3v) is 5.84. The molecule has 26 heavy (non-hydrogen) atoms. The predicted octanol–water partition coefficient (Wildman–Crippen LogP) is 2.16. The van der Waals surface area contributed by atoms with Crippen molar-refractivity contribution in [3.8, 4) is 5.69 Å². The van der Waals surface area contributed by atoms with Gasteiger partial charge in [-0.1, -0.05) is 13.8 Å². The van der Waals surface area contributed by atoms with E-state index in [1.807, 2.05) is 38.1 Å². The highest BCUT2D eigenvalue weighted by atomic mass is 35.5. The van der Waals surface area contributed by atoms with E-state index in [4.69, 9.17) is 10.5 Å². The summed E-state index contributed by atoms with van der Waals surface area (Å²) in [6.45, 7) is 4.79. The van der Waals surface area contributed by atoms with Gasteiger partial charge in [0.05, 0.1) is 24.2 Å². The van der Waals surface area contributed by atoms with Crippen molar-refractivity contribution in [2.24, 2.45) is 17.1 Å². The highest BCUT2D eigenvalue weighted by Crippen LogP contribution is 2.57. The lowest BCUT2D eigenvalue weighted by molar-refractivity contribution is -0.222. The topological polar surface area (TPSA) is 95.1 Å². The van der Waals surface area contributed by atoms with Gasteiger partial charge in [-0.3, -0.25) is 4.79 Å². The second-order valence-corrected chi connectivity index (χ2v) is 7.45. The van der Waals surface area contributed by atoms with Gasteiger partial charge in [-0.15, -0.1) is 12.4 Å². The molecule has 1 aromatic heterocycles. The minimum absolute atomic E-state index is 0. The quantitative estimate of drug-likeness (QED) is 0.854. The average Bonchev–Trinajstić information content (AvgIpc) is 3.16. The predicted molar refractivity (Wildman–Crippen MR) is 100 cm³/mol. The minimum atomic E-state index is -0.916. The van der Waals surface area contributed by atoms with E-state index in [0.717, 1.165) is 25.1 Å². The molecule has 2 heterocycles. The summed E-state index contributed by atoms with van der Waals surface area (Å²) in [7, 11) is 0. The Bertz CT molecular complexity index is 777. The van der Waals surface area contributed by atoms with Crippen molar-refractivity contribution in [3.05, 3.63) is 36.7 Å². The SMILES string of the molecule is CC1(C)C2OCCCC2C1(N)C(=O)Nc1ccc(-n2nccn2)cc1.Cl. The fourth-order valence-electron chi connectivity index (χ4n) is 4.30. The lowest BCUT2D eigenvalue weighted by Gasteiger charge is -2.65. The fourth-order valence-corrected chi connectivity index (χ4v) is 4.30. The average molecular weight is 378 g/mol. The number of anilines is 1. The highest BCUT2D eigenvalue weighted by molar-refractivity contribution is 6.00. The second kappa shape index (κ2) is 6.64. The molecule has 1 saturated heterocycles. The summed E-state index contributed by atoms with van der Waals surface area (Å²) in [6, 6.07) is 7.38. The van der Waals surface area contributed by atoms with Gasteiger partial charge in [0.25, 0.3) is 0 Å². The van der Waals surface area contributed by atoms with Crippen LogP contribution >= 0.6 is 12.4 Å². The number of hydrogen-bond acceptors (Lipinski definition) is 5. The zero-order valence-electron chi connectivity index (χ0n) is 14.9. The number of ether oxygens (including phenoxy) is 1. The molecule has 0 spiro atoms. The third kappa shape index (κ3) is 2.62. The maximum Gasteiger partial charge on any atom is 0.245 e. The van der Waals surface area contributed by atoms with Crippen LogP contribution in [0.1, 0.15) is 26.7 Å². The summed E-state index contributed by atoms with van der Waals surface area (Å²) in [6.07, 6.45) is 5.19. The number of hydrogen-bond donors (Lipinski definition) is 2. The number of fused-ring (bicyclic) bond motifs is 1. The van der Waals surface area contributed by atoms with E-state index in [1.54, 1.807) is 12.4 Å². The molecule has 4 rings (SSSR count). The standard InChI is InChI=1S/C18H23N5O2.ClH/c1-17(2)15-14(4-3-11-25-15)18(17,19)16(24)22-12-5-7-13(8-6-12)23-20-9-10-21-23;/h5-10,14-15H,3-4,11,19H2,1-2H3,(H,22,24);1H. The molecule has 3 unspecified atom stereocenters. The maximum absolute atomic E-state index is 13.0. The van der Waals surface area contributed by atoms with Crippen LogP contribution in [0.25, 0.3) is 5.69 Å². The molecule has 1 amide bonds. The fraction of sp³-hybridized carbons (Fsp3) is 0.500. The second-order valence-electron chi connectivity index (χ2n) is 7.45. The number of amides is 1. The van der Waals surface area contributed by atoms with Gasteiger partial charge in [-0.2, -0.15) is 15.0 Å². The molecule has 7 nitrogen and oxygen atoms in total. The number of nitrogens with one attached hydrogen (secondary N) is 1. The van der Waals surface area contributed by atoms with E-state index in [-0.39, 0.29) is 35.8 Å². The Labute approximate surface area is 158 Å². The van der Waals surface area contributed by atoms with E-state index in [2.05, 4.69) is 15.5 Å². The van der Waals surface area contributed by atoms with Gasteiger partial charge in [-0.05, 0) is 37.1 Å². The zero-order chi connectivity index (χ0) is 17.7. The Balaban J connectivity index is 0.00000196. The van der Waals surface area contributed by atoms with Crippen LogP contribution in [-0.2, 0) is 9.53 Å². The smallest absolute Gasteiger partial charge is 0.245 e. The van der Waals surface area contributed by atoms with Crippen LogP contribution in [0, 0.1) is 11.3 Å². The molecule has 1 aliphatic carbocycles. The third-order valence-electron chi connectivity index (χ3n) is 5.84. The number of carbonyl (C=O) groups is 1. The van der Waals surface area contributed by atoms with Crippen LogP contribution in [0.15, 0.2) is 36.7 Å². The Kier molecular flexibility index (Phi) is 4.81. The summed E-state index contributed by atoms with van der Waals surface area (Å²) < 4.78 is 5.87. The van der Waals surface area contributed by atoms with E-state index in [0.29, 0.717) is 5.69 Å². The van der Waals surface area contributed by atoms with Gasteiger partial charge in [-0.25, -0.2) is 0 Å². The van der Waals surface area contributed by atoms with E-state index in [9.17, 15) is 4.79 Å². The first kappa shape index (κ1) is 18.8. The van der Waals surface area contributed by atoms with Crippen LogP contribution in [-0.4, -0.2) is 39.2 Å². The van der Waals surface area contributed by atoms with Crippen molar-refractivity contribution >= 4 is 24.0 Å². The molecule has 3 atom stereocenters. The molecule has 2 aromatic rings. The van der Waals surface area contributed by atoms with Crippen molar-refractivity contribution in [1.82, 2.24) is 15.0 Å². The highest BCUT2D eigenvalue weighted by Gasteiger charge is 2.70. The van der Waals surface area contributed by atoms with E-state index in [1.165, 1.54) is 4.80 Å². The summed E-state index contributed by atoms with van der Waals surface area (Å²) >= 11 is 0. The number of halogens is 1. The van der Waals surface area contributed by atoms with Gasteiger partial charge in [0, 0.05) is 23.6 Å². The first-order valence-electron chi connectivity index (χ1n) is 8.63. The van der Waals surface area contributed by atoms with Crippen molar-refractivity contribution in [2.45, 2.75) is 38.3 Å². The zero-order valence-corrected chi connectivity index (χ0v) is 15.7. The Hall–Kier alpha value is -1.96. The van der Waals surface area contributed by atoms with Gasteiger partial charge in [0.15, 0.2) is 0 Å². The van der Waals surface area contributed by atoms with Crippen LogP contribution in [0.4, 0.5) is 5.69 Å². The normalized spacial score (nSPS) is 29.0. The Morgan fingerprint density at radius 1 is 1.27 bits per heavy atom. The van der Waals surface area contributed by atoms with Gasteiger partial charge in [0.1, 0.15) is 5.54 Å². The molecule has 8 heteroatoms. The van der Waals surface area contributed by atoms with Crippen molar-refractivity contribution in [3.63, 3.8) is 0 Å². The molecule has 1 saturated carbocycles. The van der Waals surface area contributed by atoms with Crippen LogP contribution < -0.4 is 11.1 Å². The summed E-state index contributed by atoms with van der Waals surface area (Å²) in [4.78, 5) is 14.5. The van der Waals surface area contributed by atoms with E-state index < -0.39 is 5.54 Å². The number of nitrogens with zero attached hydrogens (tertiary/aromatic N) is 3. The van der Waals surface area contributed by atoms with Crippen LogP contribution in [0.2, 0.25) is 0 Å². The molecule has 140 valence electrons.